The maximum absolute atomic E-state index is 3.21. The summed E-state index contributed by atoms with van der Waals surface area (Å²) >= 11 is 0. The number of H-pyrrole nitrogens is 1. The number of para-hydroxylation sites is 1. The van der Waals surface area contributed by atoms with Gasteiger partial charge in [0, 0.05) is 10.9 Å². The fourth-order valence-electron chi connectivity index (χ4n) is 1.15. The van der Waals surface area contributed by atoms with E-state index in [1.807, 2.05) is 12.1 Å². The normalized spacial score (nSPS) is 10.3. The number of aromatic amines is 1. The Bertz CT molecular complexity index is 334. The van der Waals surface area contributed by atoms with Gasteiger partial charge < -0.3 is 10.1 Å². The van der Waals surface area contributed by atoms with Crippen molar-refractivity contribution in [3.8, 4) is 0 Å². The SMILES string of the molecule is PNc1cc2ccccc2[nH]1. The van der Waals surface area contributed by atoms with Crippen LogP contribution in [0.1, 0.15) is 0 Å². The van der Waals surface area contributed by atoms with Gasteiger partial charge in [-0.25, -0.2) is 0 Å². The number of fused-ring (bicyclic) bond motifs is 1. The molecule has 0 aliphatic rings. The van der Waals surface area contributed by atoms with E-state index in [1.165, 1.54) is 5.39 Å². The summed E-state index contributed by atoms with van der Waals surface area (Å²) in [5.41, 5.74) is 1.16. The molecule has 56 valence electrons. The molecule has 0 aliphatic heterocycles. The standard InChI is InChI=1S/C8H9N2P/c11-10-8-5-6-3-1-2-4-7(6)9-8/h1-5,9-10H,11H2. The minimum absolute atomic E-state index is 1.02. The maximum atomic E-state index is 3.21. The van der Waals surface area contributed by atoms with E-state index in [0.717, 1.165) is 11.3 Å². The molecule has 0 saturated heterocycles. The molecule has 1 aromatic heterocycles. The molecule has 2 aromatic rings. The zero-order chi connectivity index (χ0) is 7.68. The van der Waals surface area contributed by atoms with Crippen LogP contribution >= 0.6 is 9.39 Å². The van der Waals surface area contributed by atoms with E-state index < -0.39 is 0 Å². The number of anilines is 1. The third-order valence-corrected chi connectivity index (χ3v) is 2.00. The van der Waals surface area contributed by atoms with Crippen molar-refractivity contribution >= 4 is 26.1 Å². The number of hydrogen-bond acceptors (Lipinski definition) is 1. The largest absolute Gasteiger partial charge is 0.356 e. The molecule has 1 unspecified atom stereocenters. The smallest absolute Gasteiger partial charge is 0.107 e. The molecule has 0 saturated carbocycles. The molecule has 1 atom stereocenters. The fourth-order valence-corrected chi connectivity index (χ4v) is 1.31. The number of aromatic nitrogens is 1. The molecule has 0 spiro atoms. The van der Waals surface area contributed by atoms with Gasteiger partial charge in [-0.3, -0.25) is 0 Å². The molecule has 0 bridgehead atoms. The summed E-state index contributed by atoms with van der Waals surface area (Å²) in [6.07, 6.45) is 0. The molecule has 1 heterocycles. The summed E-state index contributed by atoms with van der Waals surface area (Å²) in [6.45, 7) is 0. The van der Waals surface area contributed by atoms with Crippen molar-refractivity contribution in [2.75, 3.05) is 5.09 Å². The van der Waals surface area contributed by atoms with Crippen LogP contribution in [-0.4, -0.2) is 4.98 Å². The van der Waals surface area contributed by atoms with Gasteiger partial charge in [-0.1, -0.05) is 18.2 Å². The van der Waals surface area contributed by atoms with E-state index in [2.05, 4.69) is 37.7 Å². The van der Waals surface area contributed by atoms with Crippen molar-refractivity contribution in [3.63, 3.8) is 0 Å². The summed E-state index contributed by atoms with van der Waals surface area (Å²) in [5, 5.41) is 4.21. The van der Waals surface area contributed by atoms with Gasteiger partial charge in [-0.05, 0) is 21.5 Å². The van der Waals surface area contributed by atoms with Crippen LogP contribution in [0.4, 0.5) is 5.82 Å². The lowest BCUT2D eigenvalue weighted by atomic mass is 10.3. The second-order valence-electron chi connectivity index (χ2n) is 2.41. The molecular weight excluding hydrogens is 155 g/mol. The molecule has 3 heteroatoms. The molecule has 2 N–H and O–H groups in total. The topological polar surface area (TPSA) is 27.8 Å². The Labute approximate surface area is 67.3 Å². The first-order valence-electron chi connectivity index (χ1n) is 3.44. The Morgan fingerprint density at radius 3 is 2.82 bits per heavy atom. The molecule has 0 radical (unpaired) electrons. The Morgan fingerprint density at radius 2 is 2.09 bits per heavy atom. The number of nitrogens with one attached hydrogen (secondary N) is 2. The summed E-state index contributed by atoms with van der Waals surface area (Å²) in [4.78, 5) is 3.21. The van der Waals surface area contributed by atoms with Gasteiger partial charge in [0.15, 0.2) is 0 Å². The van der Waals surface area contributed by atoms with Crippen LogP contribution in [0.2, 0.25) is 0 Å². The van der Waals surface area contributed by atoms with Gasteiger partial charge in [0.2, 0.25) is 0 Å². The zero-order valence-electron chi connectivity index (χ0n) is 5.96. The van der Waals surface area contributed by atoms with E-state index in [-0.39, 0.29) is 0 Å². The fraction of sp³-hybridized carbons (Fsp3) is 0. The van der Waals surface area contributed by atoms with Crippen LogP contribution in [0.5, 0.6) is 0 Å². The third-order valence-electron chi connectivity index (χ3n) is 1.69. The minimum atomic E-state index is 1.02. The Morgan fingerprint density at radius 1 is 1.27 bits per heavy atom. The number of benzene rings is 1. The predicted molar refractivity (Wildman–Crippen MR) is 51.6 cm³/mol. The van der Waals surface area contributed by atoms with E-state index in [1.54, 1.807) is 0 Å². The summed E-state index contributed by atoms with van der Waals surface area (Å²) in [7, 11) is 2.46. The van der Waals surface area contributed by atoms with Crippen molar-refractivity contribution < 1.29 is 0 Å². The van der Waals surface area contributed by atoms with Crippen molar-refractivity contribution in [2.24, 2.45) is 0 Å². The molecule has 1 aromatic carbocycles. The van der Waals surface area contributed by atoms with Crippen LogP contribution < -0.4 is 5.09 Å². The van der Waals surface area contributed by atoms with Crippen molar-refractivity contribution in [1.82, 2.24) is 4.98 Å². The molecular formula is C8H9N2P. The molecule has 0 amide bonds. The highest BCUT2D eigenvalue weighted by atomic mass is 31.0. The van der Waals surface area contributed by atoms with Crippen molar-refractivity contribution in [3.05, 3.63) is 30.3 Å². The van der Waals surface area contributed by atoms with Crippen molar-refractivity contribution in [2.45, 2.75) is 0 Å². The van der Waals surface area contributed by atoms with Gasteiger partial charge in [0.1, 0.15) is 5.82 Å². The lowest BCUT2D eigenvalue weighted by Gasteiger charge is -1.88. The van der Waals surface area contributed by atoms with Gasteiger partial charge >= 0.3 is 0 Å². The maximum Gasteiger partial charge on any atom is 0.107 e. The molecule has 11 heavy (non-hydrogen) atoms. The first-order chi connectivity index (χ1) is 5.40. The zero-order valence-corrected chi connectivity index (χ0v) is 7.12. The summed E-state index contributed by atoms with van der Waals surface area (Å²) in [5.74, 6) is 1.02. The highest BCUT2D eigenvalue weighted by Gasteiger charge is 1.95. The second-order valence-corrected chi connectivity index (χ2v) is 2.70. The van der Waals surface area contributed by atoms with E-state index in [0.29, 0.717) is 0 Å². The van der Waals surface area contributed by atoms with Crippen LogP contribution in [0.3, 0.4) is 0 Å². The molecule has 0 fully saturated rings. The number of hydrogen-bond donors (Lipinski definition) is 2. The average molecular weight is 164 g/mol. The minimum Gasteiger partial charge on any atom is -0.356 e. The van der Waals surface area contributed by atoms with Crippen LogP contribution in [-0.2, 0) is 0 Å². The van der Waals surface area contributed by atoms with Crippen molar-refractivity contribution in [1.29, 1.82) is 0 Å². The van der Waals surface area contributed by atoms with Gasteiger partial charge in [-0.15, -0.1) is 0 Å². The lowest BCUT2D eigenvalue weighted by Crippen LogP contribution is -1.74. The first-order valence-corrected chi connectivity index (χ1v) is 4.02. The van der Waals surface area contributed by atoms with E-state index in [9.17, 15) is 0 Å². The summed E-state index contributed by atoms with van der Waals surface area (Å²) < 4.78 is 0. The lowest BCUT2D eigenvalue weighted by molar-refractivity contribution is 1.47. The highest BCUT2D eigenvalue weighted by Crippen LogP contribution is 2.18. The predicted octanol–water partition coefficient (Wildman–Crippen LogP) is 2.37. The Kier molecular flexibility index (Phi) is 1.55. The quantitative estimate of drug-likeness (QED) is 0.622. The van der Waals surface area contributed by atoms with Gasteiger partial charge in [0.25, 0.3) is 0 Å². The van der Waals surface area contributed by atoms with E-state index in [4.69, 9.17) is 0 Å². The Hall–Kier alpha value is -1.01. The second kappa shape index (κ2) is 2.55. The van der Waals surface area contributed by atoms with Gasteiger partial charge in [0.05, 0.1) is 0 Å². The van der Waals surface area contributed by atoms with E-state index >= 15 is 0 Å². The first kappa shape index (κ1) is 6.68. The molecule has 0 aliphatic carbocycles. The van der Waals surface area contributed by atoms with Gasteiger partial charge in [-0.2, -0.15) is 0 Å². The molecule has 2 nitrogen and oxygen atoms in total. The average Bonchev–Trinajstić information content (AvgIpc) is 2.46. The van der Waals surface area contributed by atoms with Crippen LogP contribution in [0.25, 0.3) is 10.9 Å². The molecule has 2 rings (SSSR count). The number of rotatable bonds is 1. The van der Waals surface area contributed by atoms with Crippen LogP contribution in [0.15, 0.2) is 30.3 Å². The summed E-state index contributed by atoms with van der Waals surface area (Å²) in [6, 6.07) is 10.3. The monoisotopic (exact) mass is 164 g/mol. The highest BCUT2D eigenvalue weighted by molar-refractivity contribution is 7.18. The van der Waals surface area contributed by atoms with Crippen LogP contribution in [0, 0.1) is 0 Å². The Balaban J connectivity index is 2.69. The third kappa shape index (κ3) is 1.10.